The molecule has 2 aromatic rings. The molecule has 0 aliphatic carbocycles. The molecule has 3 rings (SSSR count). The number of nitrogens with zero attached hydrogens (tertiary/aromatic N) is 1. The van der Waals surface area contributed by atoms with Crippen molar-refractivity contribution in [3.05, 3.63) is 76.4 Å². The lowest BCUT2D eigenvalue weighted by Crippen LogP contribution is -2.41. The second-order valence-electron chi connectivity index (χ2n) is 7.73. The summed E-state index contributed by atoms with van der Waals surface area (Å²) in [5.74, 6) is -1.67. The minimum Gasteiger partial charge on any atom is -0.481 e. The van der Waals surface area contributed by atoms with Crippen molar-refractivity contribution in [3.8, 4) is 0 Å². The monoisotopic (exact) mass is 460 g/mol. The van der Waals surface area contributed by atoms with Crippen molar-refractivity contribution in [2.75, 3.05) is 19.6 Å². The van der Waals surface area contributed by atoms with Crippen LogP contribution < -0.4 is 5.32 Å². The van der Waals surface area contributed by atoms with Crippen molar-refractivity contribution >= 4 is 23.9 Å². The average molecular weight is 460 g/mol. The molecule has 0 aromatic heterocycles. The number of halogens is 3. The Balaban J connectivity index is 1.49. The SMILES string of the molecule is O=C(O)Cc1ccc2c(c1)CCN(C(=O)CNC(=O)/C=C/c1ccc(C(F)(F)F)cc1)CC2. The smallest absolute Gasteiger partial charge is 0.416 e. The molecule has 174 valence electrons. The molecular formula is C24H23F3N2O4. The predicted octanol–water partition coefficient (Wildman–Crippen LogP) is 3.09. The summed E-state index contributed by atoms with van der Waals surface area (Å²) in [6, 6.07) is 9.93. The van der Waals surface area contributed by atoms with Gasteiger partial charge in [-0.1, -0.05) is 30.3 Å². The molecule has 0 spiro atoms. The van der Waals surface area contributed by atoms with E-state index < -0.39 is 23.6 Å². The molecule has 0 fully saturated rings. The number of fused-ring (bicyclic) bond motifs is 1. The van der Waals surface area contributed by atoms with E-state index in [1.54, 1.807) is 11.0 Å². The lowest BCUT2D eigenvalue weighted by atomic mass is 9.99. The largest absolute Gasteiger partial charge is 0.481 e. The number of carbonyl (C=O) groups is 3. The number of carboxylic acids is 1. The topological polar surface area (TPSA) is 86.7 Å². The fraction of sp³-hybridized carbons (Fsp3) is 0.292. The Morgan fingerprint density at radius 2 is 1.67 bits per heavy atom. The number of carbonyl (C=O) groups excluding carboxylic acids is 2. The Kier molecular flexibility index (Phi) is 7.52. The lowest BCUT2D eigenvalue weighted by molar-refractivity contribution is -0.138. The molecule has 2 N–H and O–H groups in total. The molecule has 0 bridgehead atoms. The highest BCUT2D eigenvalue weighted by atomic mass is 19.4. The van der Waals surface area contributed by atoms with Crippen molar-refractivity contribution in [1.29, 1.82) is 0 Å². The van der Waals surface area contributed by atoms with E-state index in [1.165, 1.54) is 18.2 Å². The molecule has 2 aromatic carbocycles. The summed E-state index contributed by atoms with van der Waals surface area (Å²) in [4.78, 5) is 37.1. The Morgan fingerprint density at radius 3 is 2.30 bits per heavy atom. The summed E-state index contributed by atoms with van der Waals surface area (Å²) in [5.41, 5.74) is 2.47. The van der Waals surface area contributed by atoms with Crippen molar-refractivity contribution in [2.45, 2.75) is 25.4 Å². The van der Waals surface area contributed by atoms with E-state index in [4.69, 9.17) is 5.11 Å². The first-order valence-corrected chi connectivity index (χ1v) is 10.4. The fourth-order valence-corrected chi connectivity index (χ4v) is 3.60. The third-order valence-corrected chi connectivity index (χ3v) is 5.36. The van der Waals surface area contributed by atoms with Crippen molar-refractivity contribution in [3.63, 3.8) is 0 Å². The van der Waals surface area contributed by atoms with Crippen molar-refractivity contribution in [2.24, 2.45) is 0 Å². The van der Waals surface area contributed by atoms with Crippen LogP contribution in [0.5, 0.6) is 0 Å². The van der Waals surface area contributed by atoms with E-state index in [1.807, 2.05) is 12.1 Å². The van der Waals surface area contributed by atoms with Crippen molar-refractivity contribution in [1.82, 2.24) is 10.2 Å². The molecule has 0 radical (unpaired) electrons. The predicted molar refractivity (Wildman–Crippen MR) is 115 cm³/mol. The van der Waals surface area contributed by atoms with Gasteiger partial charge < -0.3 is 15.3 Å². The third-order valence-electron chi connectivity index (χ3n) is 5.36. The number of rotatable bonds is 6. The summed E-state index contributed by atoms with van der Waals surface area (Å²) in [6.45, 7) is 0.748. The van der Waals surface area contributed by atoms with E-state index in [9.17, 15) is 27.6 Å². The minimum absolute atomic E-state index is 0.0536. The average Bonchev–Trinajstić information content (AvgIpc) is 2.97. The van der Waals surface area contributed by atoms with Gasteiger partial charge in [-0.05, 0) is 53.3 Å². The number of benzene rings is 2. The summed E-state index contributed by atoms with van der Waals surface area (Å²) < 4.78 is 37.8. The van der Waals surface area contributed by atoms with Crippen LogP contribution in [0.4, 0.5) is 13.2 Å². The van der Waals surface area contributed by atoms with Gasteiger partial charge in [0.15, 0.2) is 0 Å². The molecule has 2 amide bonds. The van der Waals surface area contributed by atoms with Gasteiger partial charge in [-0.3, -0.25) is 14.4 Å². The molecule has 1 aliphatic heterocycles. The van der Waals surface area contributed by atoms with E-state index in [-0.39, 0.29) is 18.9 Å². The third kappa shape index (κ3) is 6.93. The molecule has 0 atom stereocenters. The number of amides is 2. The molecule has 0 unspecified atom stereocenters. The quantitative estimate of drug-likeness (QED) is 0.649. The van der Waals surface area contributed by atoms with Gasteiger partial charge in [-0.15, -0.1) is 0 Å². The van der Waals surface area contributed by atoms with E-state index in [0.29, 0.717) is 37.1 Å². The number of aliphatic carboxylic acids is 1. The minimum atomic E-state index is -4.42. The van der Waals surface area contributed by atoms with Crippen LogP contribution >= 0.6 is 0 Å². The first-order chi connectivity index (χ1) is 15.6. The second kappa shape index (κ2) is 10.3. The van der Waals surface area contributed by atoms with Crippen LogP contribution in [0, 0.1) is 0 Å². The maximum atomic E-state index is 12.6. The maximum absolute atomic E-state index is 12.6. The van der Waals surface area contributed by atoms with Gasteiger partial charge in [0.05, 0.1) is 18.5 Å². The van der Waals surface area contributed by atoms with E-state index in [2.05, 4.69) is 5.32 Å². The van der Waals surface area contributed by atoms with Crippen molar-refractivity contribution < 1.29 is 32.7 Å². The zero-order chi connectivity index (χ0) is 24.0. The Hall–Kier alpha value is -3.62. The van der Waals surface area contributed by atoms with Gasteiger partial charge in [0.2, 0.25) is 11.8 Å². The van der Waals surface area contributed by atoms with E-state index in [0.717, 1.165) is 29.3 Å². The number of hydrogen-bond acceptors (Lipinski definition) is 3. The zero-order valence-electron chi connectivity index (χ0n) is 17.7. The van der Waals surface area contributed by atoms with Gasteiger partial charge in [0.1, 0.15) is 0 Å². The highest BCUT2D eigenvalue weighted by Crippen LogP contribution is 2.29. The fourth-order valence-electron chi connectivity index (χ4n) is 3.60. The first kappa shape index (κ1) is 24.0. The Labute approximate surface area is 188 Å². The zero-order valence-corrected chi connectivity index (χ0v) is 17.7. The van der Waals surface area contributed by atoms with Crippen LogP contribution in [-0.4, -0.2) is 47.4 Å². The van der Waals surface area contributed by atoms with Crippen LogP contribution in [0.1, 0.15) is 27.8 Å². The highest BCUT2D eigenvalue weighted by Gasteiger charge is 2.29. The molecule has 1 aliphatic rings. The lowest BCUT2D eigenvalue weighted by Gasteiger charge is -2.20. The number of carboxylic acid groups (broad SMARTS) is 1. The second-order valence-corrected chi connectivity index (χ2v) is 7.73. The van der Waals surface area contributed by atoms with E-state index >= 15 is 0 Å². The van der Waals surface area contributed by atoms with Crippen LogP contribution in [0.2, 0.25) is 0 Å². The summed E-state index contributed by atoms with van der Waals surface area (Å²) in [5, 5.41) is 11.5. The Bertz CT molecular complexity index is 1060. The molecule has 0 saturated carbocycles. The van der Waals surface area contributed by atoms with Crippen LogP contribution in [-0.2, 0) is 39.8 Å². The van der Waals surface area contributed by atoms with Gasteiger partial charge in [-0.25, -0.2) is 0 Å². The maximum Gasteiger partial charge on any atom is 0.416 e. The summed E-state index contributed by atoms with van der Waals surface area (Å²) in [7, 11) is 0. The molecule has 0 saturated heterocycles. The van der Waals surface area contributed by atoms with Crippen LogP contribution in [0.3, 0.4) is 0 Å². The molecule has 9 heteroatoms. The molecule has 1 heterocycles. The van der Waals surface area contributed by atoms with Gasteiger partial charge in [0, 0.05) is 19.2 Å². The van der Waals surface area contributed by atoms with Crippen LogP contribution in [0.15, 0.2) is 48.5 Å². The standard InChI is InChI=1S/C24H23F3N2O4/c25-24(26,27)20-6-2-16(3-7-20)4-8-21(30)28-15-22(31)29-11-9-18-5-1-17(14-23(32)33)13-19(18)10-12-29/h1-8,13H,9-12,14-15H2,(H,28,30)(H,32,33)/b8-4+. The molecule has 6 nitrogen and oxygen atoms in total. The van der Waals surface area contributed by atoms with Gasteiger partial charge >= 0.3 is 12.1 Å². The summed E-state index contributed by atoms with van der Waals surface area (Å²) in [6.07, 6.45) is -0.709. The molecule has 33 heavy (non-hydrogen) atoms. The summed E-state index contributed by atoms with van der Waals surface area (Å²) >= 11 is 0. The first-order valence-electron chi connectivity index (χ1n) is 10.4. The molecular weight excluding hydrogens is 437 g/mol. The number of hydrogen-bond donors (Lipinski definition) is 2. The Morgan fingerprint density at radius 1 is 1.00 bits per heavy atom. The number of nitrogens with one attached hydrogen (secondary N) is 1. The normalized spacial score (nSPS) is 14.0. The van der Waals surface area contributed by atoms with Crippen LogP contribution in [0.25, 0.3) is 6.08 Å². The van der Waals surface area contributed by atoms with Gasteiger partial charge in [0.25, 0.3) is 0 Å². The number of alkyl halides is 3. The van der Waals surface area contributed by atoms with Gasteiger partial charge in [-0.2, -0.15) is 13.2 Å². The highest BCUT2D eigenvalue weighted by molar-refractivity contribution is 5.94.